The van der Waals surface area contributed by atoms with Crippen molar-refractivity contribution < 1.29 is 4.42 Å². The third-order valence-electron chi connectivity index (χ3n) is 4.13. The van der Waals surface area contributed by atoms with Crippen molar-refractivity contribution in [3.05, 3.63) is 86.6 Å². The van der Waals surface area contributed by atoms with Crippen molar-refractivity contribution in [2.24, 2.45) is 0 Å². The third-order valence-corrected chi connectivity index (χ3v) is 5.32. The molecule has 0 aliphatic rings. The standard InChI is InChI=1S/C20H11ClN4O2S/c21-14-3-1-2-13(10-14)16-5-4-15(27-16)11-17-19(26)25-20(28-17)23-18(24-25)12-6-8-22-9-7-12/h1-11H/b17-11-. The summed E-state index contributed by atoms with van der Waals surface area (Å²) >= 11 is 7.30. The maximum absolute atomic E-state index is 12.7. The van der Waals surface area contributed by atoms with Crippen LogP contribution in [0.5, 0.6) is 0 Å². The van der Waals surface area contributed by atoms with Crippen LogP contribution in [0.1, 0.15) is 5.76 Å². The largest absolute Gasteiger partial charge is 0.457 e. The number of hydrogen-bond acceptors (Lipinski definition) is 6. The van der Waals surface area contributed by atoms with E-state index in [9.17, 15) is 4.79 Å². The fraction of sp³-hybridized carbons (Fsp3) is 0. The minimum absolute atomic E-state index is 0.228. The number of rotatable bonds is 3. The van der Waals surface area contributed by atoms with Gasteiger partial charge in [-0.15, -0.1) is 5.10 Å². The number of benzene rings is 1. The summed E-state index contributed by atoms with van der Waals surface area (Å²) in [6.07, 6.45) is 5.02. The summed E-state index contributed by atoms with van der Waals surface area (Å²) in [5.41, 5.74) is 1.46. The van der Waals surface area contributed by atoms with Crippen molar-refractivity contribution >= 4 is 34.0 Å². The van der Waals surface area contributed by atoms with Gasteiger partial charge in [-0.3, -0.25) is 9.78 Å². The Kier molecular flexibility index (Phi) is 4.03. The zero-order valence-electron chi connectivity index (χ0n) is 14.2. The first-order chi connectivity index (χ1) is 13.7. The van der Waals surface area contributed by atoms with Crippen LogP contribution in [-0.4, -0.2) is 19.6 Å². The van der Waals surface area contributed by atoms with Crippen molar-refractivity contribution in [1.82, 2.24) is 19.6 Å². The van der Waals surface area contributed by atoms with Crippen molar-refractivity contribution in [3.63, 3.8) is 0 Å². The number of pyridine rings is 1. The molecule has 28 heavy (non-hydrogen) atoms. The van der Waals surface area contributed by atoms with Crippen LogP contribution in [0.3, 0.4) is 0 Å². The fourth-order valence-electron chi connectivity index (χ4n) is 2.81. The zero-order chi connectivity index (χ0) is 19.1. The first-order valence-electron chi connectivity index (χ1n) is 8.35. The summed E-state index contributed by atoms with van der Waals surface area (Å²) in [6, 6.07) is 14.7. The molecule has 1 aromatic carbocycles. The van der Waals surface area contributed by atoms with Gasteiger partial charge in [0.05, 0.1) is 0 Å². The molecule has 0 saturated heterocycles. The van der Waals surface area contributed by atoms with E-state index in [-0.39, 0.29) is 5.56 Å². The van der Waals surface area contributed by atoms with Crippen LogP contribution in [0, 0.1) is 0 Å². The smallest absolute Gasteiger partial charge is 0.291 e. The van der Waals surface area contributed by atoms with E-state index in [2.05, 4.69) is 15.1 Å². The lowest BCUT2D eigenvalue weighted by molar-refractivity contribution is 0.571. The minimum Gasteiger partial charge on any atom is -0.457 e. The second-order valence-electron chi connectivity index (χ2n) is 5.99. The quantitative estimate of drug-likeness (QED) is 0.457. The summed E-state index contributed by atoms with van der Waals surface area (Å²) in [5, 5.41) is 4.95. The van der Waals surface area contributed by atoms with Crippen LogP contribution in [0.4, 0.5) is 0 Å². The monoisotopic (exact) mass is 406 g/mol. The van der Waals surface area contributed by atoms with Crippen molar-refractivity contribution in [3.8, 4) is 22.7 Å². The summed E-state index contributed by atoms with van der Waals surface area (Å²) in [6.45, 7) is 0. The Morgan fingerprint density at radius 1 is 1.07 bits per heavy atom. The van der Waals surface area contributed by atoms with Gasteiger partial charge in [-0.25, -0.2) is 0 Å². The van der Waals surface area contributed by atoms with Gasteiger partial charge in [-0.05, 0) is 36.4 Å². The predicted molar refractivity (Wildman–Crippen MR) is 108 cm³/mol. The van der Waals surface area contributed by atoms with Gasteiger partial charge in [0.1, 0.15) is 16.1 Å². The van der Waals surface area contributed by atoms with Gasteiger partial charge in [-0.2, -0.15) is 9.50 Å². The van der Waals surface area contributed by atoms with Crippen LogP contribution >= 0.6 is 22.9 Å². The topological polar surface area (TPSA) is 73.3 Å². The second kappa shape index (κ2) is 6.70. The van der Waals surface area contributed by atoms with Gasteiger partial charge in [0.2, 0.25) is 4.96 Å². The summed E-state index contributed by atoms with van der Waals surface area (Å²) in [4.78, 5) is 21.6. The number of halogens is 1. The molecule has 0 spiro atoms. The van der Waals surface area contributed by atoms with E-state index >= 15 is 0 Å². The molecule has 0 radical (unpaired) electrons. The van der Waals surface area contributed by atoms with E-state index in [1.807, 2.05) is 30.3 Å². The van der Waals surface area contributed by atoms with Crippen LogP contribution < -0.4 is 10.1 Å². The third kappa shape index (κ3) is 3.00. The van der Waals surface area contributed by atoms with Gasteiger partial charge in [0.15, 0.2) is 5.82 Å². The van der Waals surface area contributed by atoms with Crippen LogP contribution in [0.2, 0.25) is 5.02 Å². The lowest BCUT2D eigenvalue weighted by atomic mass is 10.2. The van der Waals surface area contributed by atoms with Gasteiger partial charge in [-0.1, -0.05) is 35.1 Å². The summed E-state index contributed by atoms with van der Waals surface area (Å²) in [7, 11) is 0. The van der Waals surface area contributed by atoms with E-state index < -0.39 is 0 Å². The predicted octanol–water partition coefficient (Wildman–Crippen LogP) is 3.67. The molecule has 0 aliphatic heterocycles. The molecule has 4 aromatic heterocycles. The van der Waals surface area contributed by atoms with Gasteiger partial charge in [0.25, 0.3) is 5.56 Å². The summed E-state index contributed by atoms with van der Waals surface area (Å²) < 4.78 is 7.66. The molecule has 5 aromatic rings. The zero-order valence-corrected chi connectivity index (χ0v) is 15.8. The number of aromatic nitrogens is 4. The number of furan rings is 1. The average molecular weight is 407 g/mol. The molecule has 8 heteroatoms. The SMILES string of the molecule is O=c1/c(=C/c2ccc(-c3cccc(Cl)c3)o2)sc2nc(-c3ccncc3)nn12. The molecule has 0 N–H and O–H groups in total. The molecule has 0 amide bonds. The van der Waals surface area contributed by atoms with Crippen molar-refractivity contribution in [2.45, 2.75) is 0 Å². The van der Waals surface area contributed by atoms with Gasteiger partial charge in [0, 0.05) is 34.6 Å². The highest BCUT2D eigenvalue weighted by molar-refractivity contribution is 7.15. The molecule has 0 unspecified atom stereocenters. The van der Waals surface area contributed by atoms with E-state index in [4.69, 9.17) is 16.0 Å². The Hall–Kier alpha value is -3.29. The van der Waals surface area contributed by atoms with Crippen molar-refractivity contribution in [1.29, 1.82) is 0 Å². The molecular weight excluding hydrogens is 396 g/mol. The lowest BCUT2D eigenvalue weighted by Crippen LogP contribution is -2.23. The molecule has 5 rings (SSSR count). The van der Waals surface area contributed by atoms with E-state index in [0.717, 1.165) is 11.1 Å². The molecular formula is C20H11ClN4O2S. The average Bonchev–Trinajstić information content (AvgIpc) is 3.41. The van der Waals surface area contributed by atoms with Crippen molar-refractivity contribution in [2.75, 3.05) is 0 Å². The fourth-order valence-corrected chi connectivity index (χ4v) is 3.89. The molecule has 0 fully saturated rings. The Morgan fingerprint density at radius 2 is 1.93 bits per heavy atom. The highest BCUT2D eigenvalue weighted by Gasteiger charge is 2.12. The second-order valence-corrected chi connectivity index (χ2v) is 7.44. The van der Waals surface area contributed by atoms with Crippen LogP contribution in [0.25, 0.3) is 33.7 Å². The minimum atomic E-state index is -0.228. The molecule has 136 valence electrons. The number of nitrogens with zero attached hydrogens (tertiary/aromatic N) is 4. The van der Waals surface area contributed by atoms with E-state index in [0.29, 0.717) is 31.9 Å². The van der Waals surface area contributed by atoms with E-state index in [1.54, 1.807) is 36.7 Å². The Bertz CT molecular complexity index is 1410. The maximum Gasteiger partial charge on any atom is 0.291 e. The molecule has 0 bridgehead atoms. The Labute approximate surface area is 167 Å². The number of hydrogen-bond donors (Lipinski definition) is 0. The van der Waals surface area contributed by atoms with Gasteiger partial charge >= 0.3 is 0 Å². The molecule has 4 heterocycles. The Balaban J connectivity index is 1.53. The van der Waals surface area contributed by atoms with E-state index in [1.165, 1.54) is 15.9 Å². The Morgan fingerprint density at radius 3 is 2.71 bits per heavy atom. The highest BCUT2D eigenvalue weighted by atomic mass is 35.5. The van der Waals surface area contributed by atoms with Gasteiger partial charge < -0.3 is 4.42 Å². The highest BCUT2D eigenvalue weighted by Crippen LogP contribution is 2.25. The molecule has 0 aliphatic carbocycles. The number of fused-ring (bicyclic) bond motifs is 1. The molecule has 0 saturated carbocycles. The summed E-state index contributed by atoms with van der Waals surface area (Å²) in [5.74, 6) is 1.75. The first-order valence-corrected chi connectivity index (χ1v) is 9.54. The maximum atomic E-state index is 12.7. The van der Waals surface area contributed by atoms with Crippen LogP contribution in [0.15, 0.2) is 70.1 Å². The molecule has 0 atom stereocenters. The van der Waals surface area contributed by atoms with Crippen LogP contribution in [-0.2, 0) is 0 Å². The first kappa shape index (κ1) is 16.9. The molecule has 6 nitrogen and oxygen atoms in total. The normalized spacial score (nSPS) is 12.1. The number of thiazole rings is 1. The lowest BCUT2D eigenvalue weighted by Gasteiger charge is -1.96.